The maximum atomic E-state index is 12.0. The van der Waals surface area contributed by atoms with Crippen LogP contribution in [0, 0.1) is 0 Å². The molecule has 4 rings (SSSR count). The van der Waals surface area contributed by atoms with Crippen LogP contribution in [0.2, 0.25) is 0 Å². The second kappa shape index (κ2) is 7.92. The summed E-state index contributed by atoms with van der Waals surface area (Å²) >= 11 is 0. The molecule has 146 valence electrons. The van der Waals surface area contributed by atoms with Gasteiger partial charge in [-0.2, -0.15) is 0 Å². The Morgan fingerprint density at radius 3 is 2.75 bits per heavy atom. The number of fused-ring (bicyclic) bond motifs is 1. The fraction of sp³-hybridized carbons (Fsp3) is 0.364. The lowest BCUT2D eigenvalue weighted by Crippen LogP contribution is -2.19. The molecule has 1 aliphatic rings. The first-order valence-corrected chi connectivity index (χ1v) is 9.61. The Bertz CT molecular complexity index is 982. The normalized spacial score (nSPS) is 16.7. The lowest BCUT2D eigenvalue weighted by atomic mass is 10.1. The molecule has 1 amide bonds. The van der Waals surface area contributed by atoms with Crippen LogP contribution >= 0.6 is 0 Å². The van der Waals surface area contributed by atoms with Gasteiger partial charge in [-0.3, -0.25) is 4.79 Å². The number of imidazole rings is 1. The van der Waals surface area contributed by atoms with E-state index in [0.717, 1.165) is 47.9 Å². The van der Waals surface area contributed by atoms with Gasteiger partial charge in [-0.05, 0) is 30.7 Å². The number of likely N-dealkylation sites (N-methyl/N-ethyl adjacent to an activating group) is 1. The molecular formula is C22H25N3O3. The van der Waals surface area contributed by atoms with E-state index >= 15 is 0 Å². The van der Waals surface area contributed by atoms with Crippen LogP contribution in [-0.2, 0) is 11.3 Å². The number of ether oxygens (including phenoxy) is 2. The van der Waals surface area contributed by atoms with Gasteiger partial charge in [0.05, 0.1) is 24.8 Å². The van der Waals surface area contributed by atoms with E-state index < -0.39 is 0 Å². The summed E-state index contributed by atoms with van der Waals surface area (Å²) in [6.07, 6.45) is 1.38. The molecule has 2 heterocycles. The van der Waals surface area contributed by atoms with Crippen LogP contribution in [0.25, 0.3) is 11.0 Å². The average molecular weight is 379 g/mol. The minimum absolute atomic E-state index is 0.143. The first-order valence-electron chi connectivity index (χ1n) is 9.61. The van der Waals surface area contributed by atoms with Crippen molar-refractivity contribution in [3.05, 3.63) is 54.4 Å². The van der Waals surface area contributed by atoms with Gasteiger partial charge in [0.2, 0.25) is 5.91 Å². The van der Waals surface area contributed by atoms with Gasteiger partial charge in [-0.15, -0.1) is 0 Å². The quantitative estimate of drug-likeness (QED) is 0.590. The molecule has 3 aromatic rings. The molecule has 1 aliphatic heterocycles. The highest BCUT2D eigenvalue weighted by Crippen LogP contribution is 2.30. The number of methoxy groups -OCH3 is 1. The zero-order valence-corrected chi connectivity index (χ0v) is 16.3. The molecule has 0 aliphatic carbocycles. The number of aromatic nitrogens is 2. The maximum Gasteiger partial charge on any atom is 0.223 e. The highest BCUT2D eigenvalue weighted by Gasteiger charge is 2.31. The molecule has 0 N–H and O–H groups in total. The predicted molar refractivity (Wildman–Crippen MR) is 108 cm³/mol. The summed E-state index contributed by atoms with van der Waals surface area (Å²) in [7, 11) is 3.51. The van der Waals surface area contributed by atoms with Crippen LogP contribution < -0.4 is 9.47 Å². The van der Waals surface area contributed by atoms with Crippen molar-refractivity contribution < 1.29 is 14.3 Å². The molecule has 1 atom stereocenters. The fourth-order valence-corrected chi connectivity index (χ4v) is 3.78. The molecule has 6 heteroatoms. The van der Waals surface area contributed by atoms with E-state index in [1.54, 1.807) is 12.0 Å². The smallest absolute Gasteiger partial charge is 0.223 e. The van der Waals surface area contributed by atoms with E-state index in [1.807, 2.05) is 49.5 Å². The summed E-state index contributed by atoms with van der Waals surface area (Å²) in [5.74, 6) is 2.92. The fourth-order valence-electron chi connectivity index (χ4n) is 3.78. The number of carbonyl (C=O) groups excluding carboxylic acids is 1. The molecule has 0 bridgehead atoms. The summed E-state index contributed by atoms with van der Waals surface area (Å²) in [4.78, 5) is 18.7. The van der Waals surface area contributed by atoms with Crippen molar-refractivity contribution in [3.8, 4) is 11.5 Å². The second-order valence-electron chi connectivity index (χ2n) is 7.17. The largest absolute Gasteiger partial charge is 0.497 e. The summed E-state index contributed by atoms with van der Waals surface area (Å²) in [6, 6.07) is 15.8. The van der Waals surface area contributed by atoms with E-state index in [9.17, 15) is 4.79 Å². The van der Waals surface area contributed by atoms with Gasteiger partial charge in [-0.1, -0.05) is 18.2 Å². The molecule has 28 heavy (non-hydrogen) atoms. The number of nitrogens with zero attached hydrogens (tertiary/aromatic N) is 3. The molecule has 0 radical (unpaired) electrons. The minimum Gasteiger partial charge on any atom is -0.497 e. The van der Waals surface area contributed by atoms with Gasteiger partial charge in [0.15, 0.2) is 0 Å². The number of likely N-dealkylation sites (tertiary alicyclic amines) is 1. The molecule has 0 spiro atoms. The SMILES string of the molecule is COc1cccc(OCCCn2c([C@H]3CC(=O)N(C)C3)nc3ccccc32)c1. The molecule has 6 nitrogen and oxygen atoms in total. The highest BCUT2D eigenvalue weighted by atomic mass is 16.5. The third-order valence-electron chi connectivity index (χ3n) is 5.23. The van der Waals surface area contributed by atoms with E-state index in [4.69, 9.17) is 14.5 Å². The zero-order valence-electron chi connectivity index (χ0n) is 16.3. The topological polar surface area (TPSA) is 56.6 Å². The predicted octanol–water partition coefficient (Wildman–Crippen LogP) is 3.46. The zero-order chi connectivity index (χ0) is 19.5. The summed E-state index contributed by atoms with van der Waals surface area (Å²) in [5.41, 5.74) is 2.09. The van der Waals surface area contributed by atoms with Gasteiger partial charge >= 0.3 is 0 Å². The number of aryl methyl sites for hydroxylation is 1. The van der Waals surface area contributed by atoms with E-state index in [-0.39, 0.29) is 11.8 Å². The van der Waals surface area contributed by atoms with Crippen LogP contribution in [0.15, 0.2) is 48.5 Å². The third-order valence-corrected chi connectivity index (χ3v) is 5.23. The number of hydrogen-bond acceptors (Lipinski definition) is 4. The minimum atomic E-state index is 0.143. The third kappa shape index (κ3) is 3.67. The highest BCUT2D eigenvalue weighted by molar-refractivity contribution is 5.80. The van der Waals surface area contributed by atoms with Crippen molar-refractivity contribution in [3.63, 3.8) is 0 Å². The second-order valence-corrected chi connectivity index (χ2v) is 7.17. The first kappa shape index (κ1) is 18.3. The Hall–Kier alpha value is -3.02. The van der Waals surface area contributed by atoms with Gasteiger partial charge in [-0.25, -0.2) is 4.98 Å². The van der Waals surface area contributed by atoms with Crippen LogP contribution in [0.5, 0.6) is 11.5 Å². The Morgan fingerprint density at radius 1 is 1.14 bits per heavy atom. The lowest BCUT2D eigenvalue weighted by molar-refractivity contribution is -0.126. The maximum absolute atomic E-state index is 12.0. The van der Waals surface area contributed by atoms with Crippen molar-refractivity contribution in [2.24, 2.45) is 0 Å². The van der Waals surface area contributed by atoms with Crippen molar-refractivity contribution in [2.75, 3.05) is 27.3 Å². The van der Waals surface area contributed by atoms with E-state index in [1.165, 1.54) is 0 Å². The Kier molecular flexibility index (Phi) is 5.19. The molecule has 0 unspecified atom stereocenters. The Morgan fingerprint density at radius 2 is 1.96 bits per heavy atom. The summed E-state index contributed by atoms with van der Waals surface area (Å²) in [6.45, 7) is 2.12. The number of amides is 1. The monoisotopic (exact) mass is 379 g/mol. The summed E-state index contributed by atoms with van der Waals surface area (Å²) in [5, 5.41) is 0. The van der Waals surface area contributed by atoms with Crippen molar-refractivity contribution in [2.45, 2.75) is 25.3 Å². The number of para-hydroxylation sites is 2. The van der Waals surface area contributed by atoms with Gasteiger partial charge < -0.3 is 18.9 Å². The summed E-state index contributed by atoms with van der Waals surface area (Å²) < 4.78 is 13.4. The molecule has 0 saturated carbocycles. The van der Waals surface area contributed by atoms with E-state index in [0.29, 0.717) is 13.0 Å². The van der Waals surface area contributed by atoms with Gasteiger partial charge in [0, 0.05) is 38.5 Å². The van der Waals surface area contributed by atoms with Crippen molar-refractivity contribution in [1.29, 1.82) is 0 Å². The first-order chi connectivity index (χ1) is 13.7. The standard InChI is InChI=1S/C22H25N3O3/c1-24-15-16(13-21(24)26)22-23-19-9-3-4-10-20(19)25(22)11-6-12-28-18-8-5-7-17(14-18)27-2/h3-5,7-10,14,16H,6,11-13,15H2,1-2H3/t16-/m0/s1. The molecule has 1 saturated heterocycles. The number of benzene rings is 2. The van der Waals surface area contributed by atoms with Crippen molar-refractivity contribution >= 4 is 16.9 Å². The van der Waals surface area contributed by atoms with Crippen LogP contribution in [0.1, 0.15) is 24.6 Å². The van der Waals surface area contributed by atoms with Gasteiger partial charge in [0.25, 0.3) is 0 Å². The van der Waals surface area contributed by atoms with Crippen LogP contribution in [0.4, 0.5) is 0 Å². The molecular weight excluding hydrogens is 354 g/mol. The number of hydrogen-bond donors (Lipinski definition) is 0. The van der Waals surface area contributed by atoms with Gasteiger partial charge in [0.1, 0.15) is 17.3 Å². The van der Waals surface area contributed by atoms with Crippen LogP contribution in [0.3, 0.4) is 0 Å². The number of carbonyl (C=O) groups is 1. The van der Waals surface area contributed by atoms with E-state index in [2.05, 4.69) is 10.6 Å². The average Bonchev–Trinajstić information content (AvgIpc) is 3.25. The number of rotatable bonds is 7. The van der Waals surface area contributed by atoms with Crippen molar-refractivity contribution in [1.82, 2.24) is 14.5 Å². The lowest BCUT2D eigenvalue weighted by Gasteiger charge is -2.14. The Balaban J connectivity index is 1.48. The Labute approximate surface area is 164 Å². The molecule has 1 aromatic heterocycles. The molecule has 1 fully saturated rings. The molecule has 2 aromatic carbocycles. The van der Waals surface area contributed by atoms with Crippen LogP contribution in [-0.4, -0.2) is 47.7 Å².